The van der Waals surface area contributed by atoms with Gasteiger partial charge in [0.2, 0.25) is 0 Å². The van der Waals surface area contributed by atoms with E-state index < -0.39 is 0 Å². The Morgan fingerprint density at radius 1 is 1.35 bits per heavy atom. The molecule has 1 saturated heterocycles. The zero-order valence-electron chi connectivity index (χ0n) is 10.5. The quantitative estimate of drug-likeness (QED) is 0.648. The van der Waals surface area contributed by atoms with Crippen molar-refractivity contribution in [3.05, 3.63) is 21.8 Å². The van der Waals surface area contributed by atoms with Gasteiger partial charge in [0.25, 0.3) is 0 Å². The Balaban J connectivity index is 2.28. The molecule has 0 aromatic heterocycles. The Bertz CT molecular complexity index is 378. The summed E-state index contributed by atoms with van der Waals surface area (Å²) >= 11 is 2.32. The van der Waals surface area contributed by atoms with E-state index in [0.717, 1.165) is 12.2 Å². The third kappa shape index (κ3) is 3.06. The maximum Gasteiger partial charge on any atom is 0.0603 e. The van der Waals surface area contributed by atoms with Gasteiger partial charge < -0.3 is 10.6 Å². The van der Waals surface area contributed by atoms with E-state index in [9.17, 15) is 0 Å². The first-order valence-electron chi connectivity index (χ1n) is 6.54. The van der Waals surface area contributed by atoms with Crippen LogP contribution in [0, 0.1) is 3.57 Å². The summed E-state index contributed by atoms with van der Waals surface area (Å²) < 4.78 is 1.21. The summed E-state index contributed by atoms with van der Waals surface area (Å²) in [6, 6.07) is 7.09. The van der Waals surface area contributed by atoms with Crippen molar-refractivity contribution >= 4 is 34.0 Å². The molecule has 0 saturated carbocycles. The topological polar surface area (TPSA) is 29.3 Å². The summed E-state index contributed by atoms with van der Waals surface area (Å²) in [5, 5.41) is 0. The molecule has 0 spiro atoms. The molecule has 2 nitrogen and oxygen atoms in total. The van der Waals surface area contributed by atoms with E-state index in [-0.39, 0.29) is 0 Å². The van der Waals surface area contributed by atoms with Crippen molar-refractivity contribution < 1.29 is 0 Å². The van der Waals surface area contributed by atoms with Gasteiger partial charge in [-0.1, -0.05) is 19.8 Å². The van der Waals surface area contributed by atoms with Gasteiger partial charge in [0.1, 0.15) is 0 Å². The van der Waals surface area contributed by atoms with E-state index in [1.807, 2.05) is 0 Å². The molecule has 1 unspecified atom stereocenters. The summed E-state index contributed by atoms with van der Waals surface area (Å²) in [5.74, 6) is 0. The number of benzene rings is 1. The Hall–Kier alpha value is -0.450. The molecule has 0 amide bonds. The van der Waals surface area contributed by atoms with Gasteiger partial charge in [0, 0.05) is 16.2 Å². The molecule has 1 aliphatic heterocycles. The van der Waals surface area contributed by atoms with Crippen molar-refractivity contribution in [2.24, 2.45) is 0 Å². The second-order valence-electron chi connectivity index (χ2n) is 4.81. The van der Waals surface area contributed by atoms with Crippen LogP contribution in [0.3, 0.4) is 0 Å². The lowest BCUT2D eigenvalue weighted by molar-refractivity contribution is 0.557. The van der Waals surface area contributed by atoms with E-state index in [2.05, 4.69) is 52.6 Å². The van der Waals surface area contributed by atoms with Crippen molar-refractivity contribution in [2.45, 2.75) is 45.1 Å². The fourth-order valence-electron chi connectivity index (χ4n) is 2.71. The number of hydrogen-bond acceptors (Lipinski definition) is 2. The number of halogens is 1. The van der Waals surface area contributed by atoms with E-state index in [4.69, 9.17) is 5.73 Å². The van der Waals surface area contributed by atoms with Gasteiger partial charge >= 0.3 is 0 Å². The number of anilines is 2. The molecule has 1 fully saturated rings. The average molecular weight is 344 g/mol. The highest BCUT2D eigenvalue weighted by atomic mass is 127. The Morgan fingerprint density at radius 3 is 2.88 bits per heavy atom. The van der Waals surface area contributed by atoms with Crippen molar-refractivity contribution in [1.82, 2.24) is 0 Å². The van der Waals surface area contributed by atoms with Gasteiger partial charge in [0.15, 0.2) is 0 Å². The Labute approximate surface area is 118 Å². The second kappa shape index (κ2) is 5.94. The van der Waals surface area contributed by atoms with Crippen LogP contribution in [0.2, 0.25) is 0 Å². The SMILES string of the molecule is CCC1CCCCCN1c1ccc(I)cc1N. The number of nitrogens with two attached hydrogens (primary N) is 1. The molecular formula is C14H21IN2. The summed E-state index contributed by atoms with van der Waals surface area (Å²) in [5.41, 5.74) is 8.34. The molecule has 0 aliphatic carbocycles. The first-order chi connectivity index (χ1) is 8.22. The fraction of sp³-hybridized carbons (Fsp3) is 0.571. The van der Waals surface area contributed by atoms with Gasteiger partial charge in [-0.25, -0.2) is 0 Å². The van der Waals surface area contributed by atoms with E-state index >= 15 is 0 Å². The first-order valence-corrected chi connectivity index (χ1v) is 7.62. The molecule has 17 heavy (non-hydrogen) atoms. The molecule has 94 valence electrons. The molecule has 2 N–H and O–H groups in total. The lowest BCUT2D eigenvalue weighted by Gasteiger charge is -2.32. The molecule has 2 rings (SSSR count). The van der Waals surface area contributed by atoms with Gasteiger partial charge in [-0.2, -0.15) is 0 Å². The van der Waals surface area contributed by atoms with Crippen LogP contribution in [0.5, 0.6) is 0 Å². The third-order valence-corrected chi connectivity index (χ3v) is 4.32. The Kier molecular flexibility index (Phi) is 4.54. The molecule has 0 bridgehead atoms. The monoisotopic (exact) mass is 344 g/mol. The van der Waals surface area contributed by atoms with E-state index in [1.54, 1.807) is 0 Å². The van der Waals surface area contributed by atoms with Crippen LogP contribution in [0.4, 0.5) is 11.4 Å². The third-order valence-electron chi connectivity index (χ3n) is 3.65. The molecule has 0 radical (unpaired) electrons. The molecule has 1 atom stereocenters. The van der Waals surface area contributed by atoms with E-state index in [0.29, 0.717) is 6.04 Å². The predicted molar refractivity (Wildman–Crippen MR) is 83.5 cm³/mol. The van der Waals surface area contributed by atoms with Gasteiger partial charge in [-0.3, -0.25) is 0 Å². The smallest absolute Gasteiger partial charge is 0.0603 e. The van der Waals surface area contributed by atoms with Crippen LogP contribution in [-0.4, -0.2) is 12.6 Å². The number of nitrogen functional groups attached to an aromatic ring is 1. The van der Waals surface area contributed by atoms with Crippen LogP contribution in [0.1, 0.15) is 39.0 Å². The summed E-state index contributed by atoms with van der Waals surface area (Å²) in [6.45, 7) is 3.44. The zero-order chi connectivity index (χ0) is 12.3. The number of nitrogens with zero attached hydrogens (tertiary/aromatic N) is 1. The maximum absolute atomic E-state index is 6.17. The number of hydrogen-bond donors (Lipinski definition) is 1. The van der Waals surface area contributed by atoms with Gasteiger partial charge in [-0.05, 0) is 60.1 Å². The molecular weight excluding hydrogens is 323 g/mol. The Morgan fingerprint density at radius 2 is 2.18 bits per heavy atom. The average Bonchev–Trinajstić information content (AvgIpc) is 2.54. The molecule has 3 heteroatoms. The molecule has 1 aromatic carbocycles. The minimum absolute atomic E-state index is 0.667. The van der Waals surface area contributed by atoms with Crippen LogP contribution < -0.4 is 10.6 Å². The minimum atomic E-state index is 0.667. The highest BCUT2D eigenvalue weighted by Crippen LogP contribution is 2.31. The second-order valence-corrected chi connectivity index (χ2v) is 6.05. The van der Waals surface area contributed by atoms with Crippen LogP contribution >= 0.6 is 22.6 Å². The van der Waals surface area contributed by atoms with Crippen LogP contribution in [0.25, 0.3) is 0 Å². The standard InChI is InChI=1S/C14H21IN2/c1-2-12-6-4-3-5-9-17(12)14-8-7-11(15)10-13(14)16/h7-8,10,12H,2-6,9,16H2,1H3. The summed E-state index contributed by atoms with van der Waals surface area (Å²) in [7, 11) is 0. The zero-order valence-corrected chi connectivity index (χ0v) is 12.6. The molecule has 1 aliphatic rings. The van der Waals surface area contributed by atoms with Crippen molar-refractivity contribution in [1.29, 1.82) is 0 Å². The predicted octanol–water partition coefficient (Wildman–Crippen LogP) is 4.03. The van der Waals surface area contributed by atoms with Crippen molar-refractivity contribution in [3.8, 4) is 0 Å². The van der Waals surface area contributed by atoms with Crippen molar-refractivity contribution in [3.63, 3.8) is 0 Å². The van der Waals surface area contributed by atoms with Crippen LogP contribution in [-0.2, 0) is 0 Å². The first kappa shape index (κ1) is 13.0. The normalized spacial score (nSPS) is 21.3. The molecule has 1 aromatic rings. The largest absolute Gasteiger partial charge is 0.397 e. The van der Waals surface area contributed by atoms with Crippen molar-refractivity contribution in [2.75, 3.05) is 17.2 Å². The molecule has 1 heterocycles. The minimum Gasteiger partial charge on any atom is -0.397 e. The van der Waals surface area contributed by atoms with Gasteiger partial charge in [-0.15, -0.1) is 0 Å². The van der Waals surface area contributed by atoms with E-state index in [1.165, 1.54) is 41.4 Å². The highest BCUT2D eigenvalue weighted by molar-refractivity contribution is 14.1. The van der Waals surface area contributed by atoms with Gasteiger partial charge in [0.05, 0.1) is 11.4 Å². The highest BCUT2D eigenvalue weighted by Gasteiger charge is 2.21. The lowest BCUT2D eigenvalue weighted by atomic mass is 10.1. The fourth-order valence-corrected chi connectivity index (χ4v) is 3.22. The lowest BCUT2D eigenvalue weighted by Crippen LogP contribution is -2.34. The maximum atomic E-state index is 6.17. The summed E-state index contributed by atoms with van der Waals surface area (Å²) in [4.78, 5) is 2.53. The number of rotatable bonds is 2. The van der Waals surface area contributed by atoms with Crippen LogP contribution in [0.15, 0.2) is 18.2 Å². The summed E-state index contributed by atoms with van der Waals surface area (Å²) in [6.07, 6.45) is 6.53.